The van der Waals surface area contributed by atoms with Gasteiger partial charge in [0.05, 0.1) is 22.9 Å². The summed E-state index contributed by atoms with van der Waals surface area (Å²) in [6, 6.07) is 71.2. The second-order valence-corrected chi connectivity index (χ2v) is 15.3. The third-order valence-corrected chi connectivity index (χ3v) is 11.9. The molecular weight excluding hydrogens is 717 g/mol. The molecule has 0 radical (unpaired) electrons. The van der Waals surface area contributed by atoms with Gasteiger partial charge in [-0.2, -0.15) is 0 Å². The molecule has 0 amide bonds. The van der Waals surface area contributed by atoms with Crippen LogP contribution in [0.25, 0.3) is 121 Å². The van der Waals surface area contributed by atoms with Crippen LogP contribution >= 0.6 is 0 Å². The molecule has 3 nitrogen and oxygen atoms in total. The molecule has 3 heteroatoms. The van der Waals surface area contributed by atoms with E-state index in [2.05, 4.69) is 200 Å². The second-order valence-electron chi connectivity index (χ2n) is 15.3. The molecule has 274 valence electrons. The highest BCUT2D eigenvalue weighted by Crippen LogP contribution is 2.42. The van der Waals surface area contributed by atoms with Crippen molar-refractivity contribution in [3.8, 4) is 55.8 Å². The summed E-state index contributed by atoms with van der Waals surface area (Å²) in [6.45, 7) is 0. The fourth-order valence-electron chi connectivity index (χ4n) is 9.06. The first kappa shape index (κ1) is 33.3. The Balaban J connectivity index is 0.882. The molecule has 12 aromatic rings. The first-order valence-corrected chi connectivity index (χ1v) is 20.1. The molecule has 0 saturated carbocycles. The smallest absolute Gasteiger partial charge is 0.143 e. The molecule has 12 rings (SSSR count). The Labute approximate surface area is 340 Å². The molecule has 0 bridgehead atoms. The van der Waals surface area contributed by atoms with E-state index in [0.717, 1.165) is 93.9 Å². The van der Waals surface area contributed by atoms with Crippen LogP contribution in [0.3, 0.4) is 0 Å². The lowest BCUT2D eigenvalue weighted by Gasteiger charge is -2.11. The van der Waals surface area contributed by atoms with Crippen LogP contribution < -0.4 is 0 Å². The maximum atomic E-state index is 6.84. The third-order valence-electron chi connectivity index (χ3n) is 11.9. The largest absolute Gasteiger partial charge is 0.455 e. The third kappa shape index (κ3) is 5.44. The summed E-state index contributed by atoms with van der Waals surface area (Å²) in [7, 11) is 0. The van der Waals surface area contributed by atoms with Crippen LogP contribution in [0.15, 0.2) is 211 Å². The number of hydrogen-bond donors (Lipinski definition) is 0. The summed E-state index contributed by atoms with van der Waals surface area (Å²) in [6.07, 6.45) is 1.91. The van der Waals surface area contributed by atoms with E-state index in [9.17, 15) is 0 Å². The Morgan fingerprint density at radius 1 is 0.305 bits per heavy atom. The van der Waals surface area contributed by atoms with Crippen LogP contribution in [0.4, 0.5) is 0 Å². The summed E-state index contributed by atoms with van der Waals surface area (Å²) in [5, 5.41) is 9.31. The molecule has 0 fully saturated rings. The van der Waals surface area contributed by atoms with Crippen LogP contribution in [0.5, 0.6) is 0 Å². The van der Waals surface area contributed by atoms with Gasteiger partial charge in [-0.15, -0.1) is 0 Å². The maximum Gasteiger partial charge on any atom is 0.143 e. The van der Waals surface area contributed by atoms with E-state index in [1.807, 2.05) is 6.20 Å². The van der Waals surface area contributed by atoms with Crippen LogP contribution in [-0.4, -0.2) is 9.97 Å². The summed E-state index contributed by atoms with van der Waals surface area (Å²) in [5.41, 5.74) is 14.6. The van der Waals surface area contributed by atoms with Crippen LogP contribution in [0.1, 0.15) is 0 Å². The molecule has 0 spiro atoms. The van der Waals surface area contributed by atoms with Gasteiger partial charge in [-0.05, 0) is 67.1 Å². The minimum absolute atomic E-state index is 0.857. The molecule has 0 saturated heterocycles. The zero-order chi connectivity index (χ0) is 38.9. The predicted molar refractivity (Wildman–Crippen MR) is 247 cm³/mol. The number of rotatable bonds is 5. The van der Waals surface area contributed by atoms with Gasteiger partial charge < -0.3 is 4.42 Å². The molecule has 2 aromatic heterocycles. The fourth-order valence-corrected chi connectivity index (χ4v) is 9.06. The number of aromatic nitrogens is 2. The van der Waals surface area contributed by atoms with Gasteiger partial charge in [0.25, 0.3) is 0 Å². The van der Waals surface area contributed by atoms with Crippen molar-refractivity contribution >= 4 is 65.3 Å². The second kappa shape index (κ2) is 13.4. The van der Waals surface area contributed by atoms with Crippen molar-refractivity contribution in [2.24, 2.45) is 0 Å². The minimum atomic E-state index is 0.857. The Morgan fingerprint density at radius 3 is 1.51 bits per heavy atom. The van der Waals surface area contributed by atoms with E-state index >= 15 is 0 Å². The molecule has 0 atom stereocenters. The molecular formula is C56H34N2O. The van der Waals surface area contributed by atoms with E-state index in [-0.39, 0.29) is 0 Å². The Hall–Kier alpha value is -7.88. The quantitative estimate of drug-likeness (QED) is 0.164. The van der Waals surface area contributed by atoms with Gasteiger partial charge in [0.1, 0.15) is 11.2 Å². The van der Waals surface area contributed by atoms with Gasteiger partial charge in [0.15, 0.2) is 0 Å². The molecule has 0 aliphatic heterocycles. The Morgan fingerprint density at radius 2 is 0.780 bits per heavy atom. The van der Waals surface area contributed by atoms with Gasteiger partial charge in [-0.3, -0.25) is 4.98 Å². The normalized spacial score (nSPS) is 11.7. The first-order valence-electron chi connectivity index (χ1n) is 20.1. The van der Waals surface area contributed by atoms with Crippen LogP contribution in [0.2, 0.25) is 0 Å². The average molecular weight is 751 g/mol. The highest BCUT2D eigenvalue weighted by Gasteiger charge is 2.17. The van der Waals surface area contributed by atoms with Crippen molar-refractivity contribution < 1.29 is 4.42 Å². The summed E-state index contributed by atoms with van der Waals surface area (Å²) >= 11 is 0. The van der Waals surface area contributed by atoms with Gasteiger partial charge >= 0.3 is 0 Å². The predicted octanol–water partition coefficient (Wildman–Crippen LogP) is 15.3. The highest BCUT2D eigenvalue weighted by molar-refractivity contribution is 6.23. The first-order chi connectivity index (χ1) is 29.2. The minimum Gasteiger partial charge on any atom is -0.455 e. The molecule has 0 N–H and O–H groups in total. The maximum absolute atomic E-state index is 6.84. The lowest BCUT2D eigenvalue weighted by Crippen LogP contribution is -1.92. The fraction of sp³-hybridized carbons (Fsp3) is 0. The van der Waals surface area contributed by atoms with E-state index < -0.39 is 0 Å². The summed E-state index contributed by atoms with van der Waals surface area (Å²) in [4.78, 5) is 10.3. The summed E-state index contributed by atoms with van der Waals surface area (Å²) < 4.78 is 6.84. The molecule has 10 aromatic carbocycles. The molecule has 0 aliphatic carbocycles. The van der Waals surface area contributed by atoms with Crippen molar-refractivity contribution in [3.63, 3.8) is 0 Å². The zero-order valence-electron chi connectivity index (χ0n) is 31.9. The lowest BCUT2D eigenvalue weighted by atomic mass is 9.95. The van der Waals surface area contributed by atoms with Crippen molar-refractivity contribution in [3.05, 3.63) is 206 Å². The van der Waals surface area contributed by atoms with Crippen LogP contribution in [-0.2, 0) is 0 Å². The van der Waals surface area contributed by atoms with E-state index in [0.29, 0.717) is 0 Å². The van der Waals surface area contributed by atoms with Gasteiger partial charge in [-0.1, -0.05) is 188 Å². The molecule has 2 heterocycles. The SMILES string of the molecule is c1cc(-c2ccc(-c3cccc4c3oc3c(-c5cccc6ccccc56)cccc34)cc2)cc(-c2cccc(-c3cnc4c5ccccc5c5ccccc5c4n3)c2)c1. The Kier molecular flexibility index (Phi) is 7.54. The van der Waals surface area contributed by atoms with Gasteiger partial charge in [-0.25, -0.2) is 4.98 Å². The van der Waals surface area contributed by atoms with Crippen molar-refractivity contribution in [2.75, 3.05) is 0 Å². The summed E-state index contributed by atoms with van der Waals surface area (Å²) in [5.74, 6) is 0. The van der Waals surface area contributed by atoms with E-state index in [1.165, 1.54) is 27.1 Å². The van der Waals surface area contributed by atoms with Crippen molar-refractivity contribution in [1.29, 1.82) is 0 Å². The monoisotopic (exact) mass is 750 g/mol. The molecule has 0 unspecified atom stereocenters. The lowest BCUT2D eigenvalue weighted by molar-refractivity contribution is 0.671. The Bertz CT molecular complexity index is 3580. The molecule has 59 heavy (non-hydrogen) atoms. The number of benzene rings is 10. The van der Waals surface area contributed by atoms with Crippen molar-refractivity contribution in [2.45, 2.75) is 0 Å². The standard InChI is InChI=1S/C56H34N2O/c1-2-18-42-36(12-1)13-9-24-44(42)49-25-11-27-51-50-26-10-23-43(55(50)59-56(49)51)37-30-28-35(29-31-37)38-14-7-15-39(32-38)40-16-8-17-41(33-40)52-34-57-53-47-21-5-3-19-45(47)46-20-4-6-22-48(46)54(53)58-52/h1-34H. The highest BCUT2D eigenvalue weighted by atomic mass is 16.3. The van der Waals surface area contributed by atoms with Gasteiger partial charge in [0, 0.05) is 38.2 Å². The number of nitrogens with zero attached hydrogens (tertiary/aromatic N) is 2. The number of fused-ring (bicyclic) bond motifs is 10. The number of furan rings is 1. The van der Waals surface area contributed by atoms with E-state index in [1.54, 1.807) is 0 Å². The number of para-hydroxylation sites is 2. The van der Waals surface area contributed by atoms with Crippen molar-refractivity contribution in [1.82, 2.24) is 9.97 Å². The average Bonchev–Trinajstić information content (AvgIpc) is 3.71. The van der Waals surface area contributed by atoms with Crippen LogP contribution in [0, 0.1) is 0 Å². The topological polar surface area (TPSA) is 38.9 Å². The van der Waals surface area contributed by atoms with E-state index in [4.69, 9.17) is 14.4 Å². The van der Waals surface area contributed by atoms with Gasteiger partial charge in [0.2, 0.25) is 0 Å². The number of hydrogen-bond acceptors (Lipinski definition) is 3. The molecule has 0 aliphatic rings. The zero-order valence-corrected chi connectivity index (χ0v) is 31.9.